The summed E-state index contributed by atoms with van der Waals surface area (Å²) in [4.78, 5) is 23.4. The number of nitrogens with two attached hydrogens (primary N) is 1. The fourth-order valence-electron chi connectivity index (χ4n) is 2.13. The molecule has 20 heavy (non-hydrogen) atoms. The molecule has 2 atom stereocenters. The topological polar surface area (TPSA) is 81.4 Å². The number of halogens is 1. The molecule has 1 saturated heterocycles. The summed E-state index contributed by atoms with van der Waals surface area (Å²) in [5, 5.41) is 3.27. The summed E-state index contributed by atoms with van der Waals surface area (Å²) >= 11 is 5.80. The third kappa shape index (κ3) is 3.95. The maximum atomic E-state index is 11.9. The minimum Gasteiger partial charge on any atom is -0.368 e. The minimum absolute atomic E-state index is 0.278. The van der Waals surface area contributed by atoms with E-state index >= 15 is 0 Å². The third-order valence-corrected chi connectivity index (χ3v) is 3.49. The molecule has 0 saturated carbocycles. The first-order valence-electron chi connectivity index (χ1n) is 6.52. The van der Waals surface area contributed by atoms with Crippen molar-refractivity contribution in [3.63, 3.8) is 0 Å². The highest BCUT2D eigenvalue weighted by atomic mass is 35.5. The fourth-order valence-corrected chi connectivity index (χ4v) is 2.25. The number of carbonyl (C=O) groups excluding carboxylic acids is 2. The molecular weight excluding hydrogens is 280 g/mol. The summed E-state index contributed by atoms with van der Waals surface area (Å²) in [5.74, 6) is -0.841. The lowest BCUT2D eigenvalue weighted by Gasteiger charge is -2.18. The Kier molecular flexibility index (Phi) is 4.98. The van der Waals surface area contributed by atoms with Gasteiger partial charge < -0.3 is 15.8 Å². The average Bonchev–Trinajstić information content (AvgIpc) is 2.94. The van der Waals surface area contributed by atoms with Crippen LogP contribution in [0.2, 0.25) is 5.02 Å². The van der Waals surface area contributed by atoms with Crippen molar-refractivity contribution < 1.29 is 14.3 Å². The summed E-state index contributed by atoms with van der Waals surface area (Å²) in [5.41, 5.74) is 6.22. The first-order chi connectivity index (χ1) is 9.56. The molecule has 1 fully saturated rings. The average molecular weight is 297 g/mol. The number of carbonyl (C=O) groups is 2. The number of hydrogen-bond donors (Lipinski definition) is 2. The van der Waals surface area contributed by atoms with Gasteiger partial charge in [0, 0.05) is 18.1 Å². The van der Waals surface area contributed by atoms with E-state index < -0.39 is 18.1 Å². The van der Waals surface area contributed by atoms with Crippen LogP contribution in [-0.2, 0) is 20.7 Å². The summed E-state index contributed by atoms with van der Waals surface area (Å²) < 4.78 is 5.28. The Morgan fingerprint density at radius 3 is 2.65 bits per heavy atom. The largest absolute Gasteiger partial charge is 0.368 e. The standard InChI is InChI=1S/C14H17ClN2O3/c15-10-5-3-9(4-6-10)8-11(13(16)18)17-14(19)12-2-1-7-20-12/h3-6,11-12H,1-2,7-8H2,(H2,16,18)(H,17,19)/t11-,12+/m0/s1. The number of amides is 2. The van der Waals surface area contributed by atoms with E-state index in [-0.39, 0.29) is 5.91 Å². The number of nitrogens with one attached hydrogen (secondary N) is 1. The van der Waals surface area contributed by atoms with Gasteiger partial charge in [0.25, 0.3) is 0 Å². The Morgan fingerprint density at radius 1 is 1.40 bits per heavy atom. The maximum Gasteiger partial charge on any atom is 0.249 e. The molecule has 108 valence electrons. The van der Waals surface area contributed by atoms with Gasteiger partial charge in [0.2, 0.25) is 11.8 Å². The summed E-state index contributed by atoms with van der Waals surface area (Å²) in [7, 11) is 0. The zero-order chi connectivity index (χ0) is 14.5. The van der Waals surface area contributed by atoms with E-state index in [4.69, 9.17) is 22.1 Å². The van der Waals surface area contributed by atoms with E-state index in [0.717, 1.165) is 12.0 Å². The Labute approximate surface area is 122 Å². The normalized spacial score (nSPS) is 19.6. The number of rotatable bonds is 5. The van der Waals surface area contributed by atoms with Crippen molar-refractivity contribution in [3.8, 4) is 0 Å². The van der Waals surface area contributed by atoms with E-state index in [1.54, 1.807) is 24.3 Å². The Balaban J connectivity index is 1.98. The molecule has 6 heteroatoms. The Hall–Kier alpha value is -1.59. The maximum absolute atomic E-state index is 11.9. The van der Waals surface area contributed by atoms with E-state index in [0.29, 0.717) is 24.5 Å². The van der Waals surface area contributed by atoms with Crippen LogP contribution >= 0.6 is 11.6 Å². The first kappa shape index (κ1) is 14.8. The predicted octanol–water partition coefficient (Wildman–Crippen LogP) is 1.03. The van der Waals surface area contributed by atoms with E-state index in [1.165, 1.54) is 0 Å². The van der Waals surface area contributed by atoms with Crippen LogP contribution < -0.4 is 11.1 Å². The molecule has 1 aromatic rings. The number of ether oxygens (including phenoxy) is 1. The fraction of sp³-hybridized carbons (Fsp3) is 0.429. The molecule has 0 unspecified atom stereocenters. The third-order valence-electron chi connectivity index (χ3n) is 3.24. The van der Waals surface area contributed by atoms with Gasteiger partial charge in [-0.15, -0.1) is 0 Å². The van der Waals surface area contributed by atoms with Crippen molar-refractivity contribution in [3.05, 3.63) is 34.9 Å². The lowest BCUT2D eigenvalue weighted by molar-refractivity contribution is -0.133. The highest BCUT2D eigenvalue weighted by Gasteiger charge is 2.27. The monoisotopic (exact) mass is 296 g/mol. The van der Waals surface area contributed by atoms with Crippen LogP contribution in [0.5, 0.6) is 0 Å². The summed E-state index contributed by atoms with van der Waals surface area (Å²) in [6.45, 7) is 0.580. The van der Waals surface area contributed by atoms with Crippen molar-refractivity contribution in [2.45, 2.75) is 31.4 Å². The second-order valence-electron chi connectivity index (χ2n) is 4.80. The van der Waals surface area contributed by atoms with E-state index in [2.05, 4.69) is 5.32 Å². The van der Waals surface area contributed by atoms with Gasteiger partial charge in [-0.2, -0.15) is 0 Å². The Morgan fingerprint density at radius 2 is 2.10 bits per heavy atom. The number of benzene rings is 1. The highest BCUT2D eigenvalue weighted by Crippen LogP contribution is 2.14. The number of primary amides is 1. The molecule has 1 aliphatic rings. The molecule has 1 heterocycles. The van der Waals surface area contributed by atoms with Crippen LogP contribution in [0.3, 0.4) is 0 Å². The van der Waals surface area contributed by atoms with Crippen molar-refractivity contribution >= 4 is 23.4 Å². The zero-order valence-corrected chi connectivity index (χ0v) is 11.7. The van der Waals surface area contributed by atoms with Gasteiger partial charge in [-0.25, -0.2) is 0 Å². The van der Waals surface area contributed by atoms with Crippen LogP contribution in [-0.4, -0.2) is 30.6 Å². The van der Waals surface area contributed by atoms with Crippen LogP contribution in [0.4, 0.5) is 0 Å². The minimum atomic E-state index is -0.743. The summed E-state index contributed by atoms with van der Waals surface area (Å²) in [6, 6.07) is 6.33. The first-order valence-corrected chi connectivity index (χ1v) is 6.90. The van der Waals surface area contributed by atoms with Crippen LogP contribution in [0.15, 0.2) is 24.3 Å². The molecule has 0 aliphatic carbocycles. The zero-order valence-electron chi connectivity index (χ0n) is 11.0. The molecule has 0 radical (unpaired) electrons. The van der Waals surface area contributed by atoms with Gasteiger partial charge in [0.15, 0.2) is 0 Å². The molecule has 5 nitrogen and oxygen atoms in total. The molecular formula is C14H17ClN2O3. The van der Waals surface area contributed by atoms with Crippen molar-refractivity contribution in [2.24, 2.45) is 5.73 Å². The van der Waals surface area contributed by atoms with Crippen LogP contribution in [0, 0.1) is 0 Å². The van der Waals surface area contributed by atoms with Gasteiger partial charge in [-0.1, -0.05) is 23.7 Å². The van der Waals surface area contributed by atoms with Crippen molar-refractivity contribution in [2.75, 3.05) is 6.61 Å². The summed E-state index contributed by atoms with van der Waals surface area (Å²) in [6.07, 6.45) is 1.40. The molecule has 1 aromatic carbocycles. The molecule has 2 rings (SSSR count). The molecule has 3 N–H and O–H groups in total. The molecule has 0 spiro atoms. The van der Waals surface area contributed by atoms with Gasteiger partial charge >= 0.3 is 0 Å². The van der Waals surface area contributed by atoms with Gasteiger partial charge in [0.05, 0.1) is 0 Å². The van der Waals surface area contributed by atoms with E-state index in [1.807, 2.05) is 0 Å². The van der Waals surface area contributed by atoms with Crippen molar-refractivity contribution in [1.29, 1.82) is 0 Å². The van der Waals surface area contributed by atoms with Crippen LogP contribution in [0.25, 0.3) is 0 Å². The molecule has 0 bridgehead atoms. The van der Waals surface area contributed by atoms with Gasteiger partial charge in [-0.05, 0) is 30.5 Å². The number of hydrogen-bond acceptors (Lipinski definition) is 3. The van der Waals surface area contributed by atoms with E-state index in [9.17, 15) is 9.59 Å². The molecule has 2 amide bonds. The van der Waals surface area contributed by atoms with Gasteiger partial charge in [0.1, 0.15) is 12.1 Å². The van der Waals surface area contributed by atoms with Crippen molar-refractivity contribution in [1.82, 2.24) is 5.32 Å². The Bertz CT molecular complexity index is 484. The second-order valence-corrected chi connectivity index (χ2v) is 5.23. The highest BCUT2D eigenvalue weighted by molar-refractivity contribution is 6.30. The molecule has 1 aliphatic heterocycles. The predicted molar refractivity (Wildman–Crippen MR) is 75.3 cm³/mol. The quantitative estimate of drug-likeness (QED) is 0.851. The van der Waals surface area contributed by atoms with Crippen LogP contribution in [0.1, 0.15) is 18.4 Å². The molecule has 0 aromatic heterocycles. The van der Waals surface area contributed by atoms with Gasteiger partial charge in [-0.3, -0.25) is 9.59 Å². The second kappa shape index (κ2) is 6.72. The SMILES string of the molecule is NC(=O)[C@H](Cc1ccc(Cl)cc1)NC(=O)[C@H]1CCCO1. The lowest BCUT2D eigenvalue weighted by atomic mass is 10.0. The smallest absolute Gasteiger partial charge is 0.249 e. The lowest BCUT2D eigenvalue weighted by Crippen LogP contribution is -2.49.